The first-order chi connectivity index (χ1) is 8.60. The Bertz CT molecular complexity index is 404. The van der Waals surface area contributed by atoms with Crippen molar-refractivity contribution in [3.63, 3.8) is 0 Å². The highest BCUT2D eigenvalue weighted by molar-refractivity contribution is 5.42. The Hall–Kier alpha value is -1.02. The number of benzene rings is 1. The third kappa shape index (κ3) is 3.05. The fourth-order valence-electron chi connectivity index (χ4n) is 2.86. The quantitative estimate of drug-likeness (QED) is 0.888. The number of hydrogen-bond acceptors (Lipinski definition) is 2. The number of methoxy groups -OCH3 is 1. The van der Waals surface area contributed by atoms with Gasteiger partial charge in [-0.25, -0.2) is 0 Å². The molecule has 0 saturated heterocycles. The zero-order valence-corrected chi connectivity index (χ0v) is 11.7. The van der Waals surface area contributed by atoms with Crippen LogP contribution in [0.25, 0.3) is 0 Å². The molecule has 18 heavy (non-hydrogen) atoms. The van der Waals surface area contributed by atoms with Crippen LogP contribution in [0, 0.1) is 19.8 Å². The van der Waals surface area contributed by atoms with Crippen LogP contribution < -0.4 is 4.74 Å². The first-order valence-corrected chi connectivity index (χ1v) is 6.92. The molecule has 0 amide bonds. The fraction of sp³-hybridized carbons (Fsp3) is 0.625. The predicted octanol–water partition coefficient (Wildman–Crippen LogP) is 3.41. The molecular weight excluding hydrogens is 224 g/mol. The van der Waals surface area contributed by atoms with Crippen LogP contribution in [-0.2, 0) is 6.42 Å². The van der Waals surface area contributed by atoms with E-state index in [-0.39, 0.29) is 6.10 Å². The Kier molecular flexibility index (Phi) is 4.28. The summed E-state index contributed by atoms with van der Waals surface area (Å²) in [6.45, 7) is 4.28. The second kappa shape index (κ2) is 5.75. The van der Waals surface area contributed by atoms with Gasteiger partial charge in [0.05, 0.1) is 13.2 Å². The first kappa shape index (κ1) is 13.4. The van der Waals surface area contributed by atoms with Crippen molar-refractivity contribution in [1.29, 1.82) is 0 Å². The predicted molar refractivity (Wildman–Crippen MR) is 74.1 cm³/mol. The summed E-state index contributed by atoms with van der Waals surface area (Å²) in [5.41, 5.74) is 3.94. The standard InChI is InChI=1S/C16H24O2/c1-11-8-14(16(18-3)9-12(11)2)10-13-4-6-15(17)7-5-13/h8-9,13,15,17H,4-7,10H2,1-3H3. The van der Waals surface area contributed by atoms with Crippen LogP contribution in [0.2, 0.25) is 0 Å². The SMILES string of the molecule is COc1cc(C)c(C)cc1CC1CCC(O)CC1. The second-order valence-electron chi connectivity index (χ2n) is 5.63. The van der Waals surface area contributed by atoms with E-state index in [1.165, 1.54) is 16.7 Å². The maximum absolute atomic E-state index is 9.55. The second-order valence-corrected chi connectivity index (χ2v) is 5.63. The molecule has 0 aromatic heterocycles. The van der Waals surface area contributed by atoms with Crippen LogP contribution in [0.1, 0.15) is 42.4 Å². The van der Waals surface area contributed by atoms with Gasteiger partial charge in [-0.3, -0.25) is 0 Å². The lowest BCUT2D eigenvalue weighted by Crippen LogP contribution is -2.19. The summed E-state index contributed by atoms with van der Waals surface area (Å²) in [5.74, 6) is 1.72. The Morgan fingerprint density at radius 3 is 2.33 bits per heavy atom. The minimum Gasteiger partial charge on any atom is -0.496 e. The highest BCUT2D eigenvalue weighted by Gasteiger charge is 2.21. The van der Waals surface area contributed by atoms with Crippen molar-refractivity contribution in [3.05, 3.63) is 28.8 Å². The molecule has 0 aliphatic heterocycles. The van der Waals surface area contributed by atoms with Gasteiger partial charge in [0.1, 0.15) is 5.75 Å². The van der Waals surface area contributed by atoms with E-state index in [4.69, 9.17) is 4.74 Å². The fourth-order valence-corrected chi connectivity index (χ4v) is 2.86. The van der Waals surface area contributed by atoms with E-state index >= 15 is 0 Å². The molecule has 0 atom stereocenters. The lowest BCUT2D eigenvalue weighted by atomic mass is 9.83. The van der Waals surface area contributed by atoms with Gasteiger partial charge >= 0.3 is 0 Å². The van der Waals surface area contributed by atoms with Gasteiger partial charge in [0.15, 0.2) is 0 Å². The number of ether oxygens (including phenoxy) is 1. The summed E-state index contributed by atoms with van der Waals surface area (Å²) < 4.78 is 5.49. The molecule has 0 spiro atoms. The molecule has 0 radical (unpaired) electrons. The number of aliphatic hydroxyl groups is 1. The van der Waals surface area contributed by atoms with Crippen LogP contribution >= 0.6 is 0 Å². The Balaban J connectivity index is 2.10. The maximum Gasteiger partial charge on any atom is 0.122 e. The summed E-state index contributed by atoms with van der Waals surface area (Å²) >= 11 is 0. The highest BCUT2D eigenvalue weighted by Crippen LogP contribution is 2.31. The van der Waals surface area contributed by atoms with Crippen molar-refractivity contribution in [3.8, 4) is 5.75 Å². The van der Waals surface area contributed by atoms with Gasteiger partial charge in [-0.1, -0.05) is 6.07 Å². The van der Waals surface area contributed by atoms with Crippen LogP contribution in [0.5, 0.6) is 5.75 Å². The first-order valence-electron chi connectivity index (χ1n) is 6.92. The molecule has 2 heteroatoms. The van der Waals surface area contributed by atoms with Crippen LogP contribution in [-0.4, -0.2) is 18.3 Å². The summed E-state index contributed by atoms with van der Waals surface area (Å²) in [6, 6.07) is 4.40. The molecule has 0 bridgehead atoms. The molecule has 1 N–H and O–H groups in total. The Morgan fingerprint density at radius 2 is 1.72 bits per heavy atom. The number of aliphatic hydroxyl groups excluding tert-OH is 1. The molecule has 1 fully saturated rings. The number of rotatable bonds is 3. The topological polar surface area (TPSA) is 29.5 Å². The van der Waals surface area contributed by atoms with E-state index in [2.05, 4.69) is 26.0 Å². The Morgan fingerprint density at radius 1 is 1.11 bits per heavy atom. The maximum atomic E-state index is 9.55. The van der Waals surface area contributed by atoms with E-state index in [0.29, 0.717) is 5.92 Å². The normalized spacial score (nSPS) is 24.0. The summed E-state index contributed by atoms with van der Waals surface area (Å²) in [5, 5.41) is 9.55. The molecule has 2 rings (SSSR count). The van der Waals surface area contributed by atoms with Crippen LogP contribution in [0.4, 0.5) is 0 Å². The third-order valence-electron chi connectivity index (χ3n) is 4.22. The molecule has 2 nitrogen and oxygen atoms in total. The van der Waals surface area contributed by atoms with Crippen molar-refractivity contribution >= 4 is 0 Å². The van der Waals surface area contributed by atoms with Crippen molar-refractivity contribution in [1.82, 2.24) is 0 Å². The minimum absolute atomic E-state index is 0.0668. The molecule has 1 aliphatic carbocycles. The van der Waals surface area contributed by atoms with Gasteiger partial charge in [-0.2, -0.15) is 0 Å². The summed E-state index contributed by atoms with van der Waals surface area (Å²) in [7, 11) is 1.75. The molecule has 1 aliphatic rings. The lowest BCUT2D eigenvalue weighted by Gasteiger charge is -2.26. The van der Waals surface area contributed by atoms with Crippen molar-refractivity contribution in [2.75, 3.05) is 7.11 Å². The Labute approximate surface area is 110 Å². The van der Waals surface area contributed by atoms with Crippen LogP contribution in [0.3, 0.4) is 0 Å². The molecular formula is C16H24O2. The zero-order chi connectivity index (χ0) is 13.1. The van der Waals surface area contributed by atoms with Gasteiger partial charge in [0.2, 0.25) is 0 Å². The number of aryl methyl sites for hydroxylation is 2. The summed E-state index contributed by atoms with van der Waals surface area (Å²) in [6.07, 6.45) is 5.20. The molecule has 0 unspecified atom stereocenters. The van der Waals surface area contributed by atoms with E-state index < -0.39 is 0 Å². The largest absolute Gasteiger partial charge is 0.496 e. The van der Waals surface area contributed by atoms with E-state index in [1.807, 2.05) is 0 Å². The van der Waals surface area contributed by atoms with Crippen molar-refractivity contribution < 1.29 is 9.84 Å². The van der Waals surface area contributed by atoms with Gasteiger partial charge in [-0.15, -0.1) is 0 Å². The molecule has 1 saturated carbocycles. The average molecular weight is 248 g/mol. The average Bonchev–Trinajstić information content (AvgIpc) is 2.36. The smallest absolute Gasteiger partial charge is 0.122 e. The van der Waals surface area contributed by atoms with Gasteiger partial charge in [-0.05, 0) is 74.6 Å². The van der Waals surface area contributed by atoms with Gasteiger partial charge < -0.3 is 9.84 Å². The van der Waals surface area contributed by atoms with E-state index in [0.717, 1.165) is 37.9 Å². The minimum atomic E-state index is -0.0668. The number of hydrogen-bond donors (Lipinski definition) is 1. The van der Waals surface area contributed by atoms with Crippen molar-refractivity contribution in [2.24, 2.45) is 5.92 Å². The van der Waals surface area contributed by atoms with Crippen molar-refractivity contribution in [2.45, 2.75) is 52.1 Å². The lowest BCUT2D eigenvalue weighted by molar-refractivity contribution is 0.108. The molecule has 0 heterocycles. The molecule has 1 aromatic carbocycles. The van der Waals surface area contributed by atoms with Gasteiger partial charge in [0.25, 0.3) is 0 Å². The monoisotopic (exact) mass is 248 g/mol. The molecule has 100 valence electrons. The van der Waals surface area contributed by atoms with Crippen LogP contribution in [0.15, 0.2) is 12.1 Å². The highest BCUT2D eigenvalue weighted by atomic mass is 16.5. The third-order valence-corrected chi connectivity index (χ3v) is 4.22. The molecule has 1 aromatic rings. The van der Waals surface area contributed by atoms with E-state index in [9.17, 15) is 5.11 Å². The summed E-state index contributed by atoms with van der Waals surface area (Å²) in [4.78, 5) is 0. The van der Waals surface area contributed by atoms with Gasteiger partial charge in [0, 0.05) is 0 Å². The van der Waals surface area contributed by atoms with E-state index in [1.54, 1.807) is 7.11 Å². The zero-order valence-electron chi connectivity index (χ0n) is 11.7.